The van der Waals surface area contributed by atoms with Gasteiger partial charge in [0.1, 0.15) is 17.5 Å². The molecule has 0 aliphatic carbocycles. The number of rotatable bonds is 11. The van der Waals surface area contributed by atoms with Crippen LogP contribution in [0.15, 0.2) is 97.1 Å². The molecule has 0 radical (unpaired) electrons. The van der Waals surface area contributed by atoms with Crippen LogP contribution in [0.2, 0.25) is 0 Å². The number of nitrogens with one attached hydrogen (secondary N) is 3. The van der Waals surface area contributed by atoms with Crippen molar-refractivity contribution in [2.24, 2.45) is 0 Å². The molecule has 220 valence electrons. The fourth-order valence-corrected chi connectivity index (χ4v) is 4.17. The van der Waals surface area contributed by atoms with E-state index in [1.165, 1.54) is 31.4 Å². The summed E-state index contributed by atoms with van der Waals surface area (Å²) < 4.78 is 10.1. The first-order valence-corrected chi connectivity index (χ1v) is 13.5. The number of carbonyl (C=O) groups excluding carboxylic acids is 4. The summed E-state index contributed by atoms with van der Waals surface area (Å²) in [6, 6.07) is 24.4. The summed E-state index contributed by atoms with van der Waals surface area (Å²) >= 11 is 0. The largest absolute Gasteiger partial charge is 0.508 e. The van der Waals surface area contributed by atoms with E-state index >= 15 is 0 Å². The van der Waals surface area contributed by atoms with Crippen LogP contribution in [-0.4, -0.2) is 48.6 Å². The molecule has 10 heteroatoms. The third-order valence-corrected chi connectivity index (χ3v) is 6.43. The number of ether oxygens (including phenoxy) is 2. The molecule has 0 saturated carbocycles. The van der Waals surface area contributed by atoms with Gasteiger partial charge in [0.25, 0.3) is 11.8 Å². The molecule has 0 saturated heterocycles. The van der Waals surface area contributed by atoms with E-state index in [2.05, 4.69) is 16.0 Å². The summed E-state index contributed by atoms with van der Waals surface area (Å²) in [5.74, 6) is -1.32. The molecular formula is C33H31N3O7. The highest BCUT2D eigenvalue weighted by atomic mass is 16.5. The summed E-state index contributed by atoms with van der Waals surface area (Å²) in [5, 5.41) is 18.0. The third-order valence-electron chi connectivity index (χ3n) is 6.43. The first-order valence-electron chi connectivity index (χ1n) is 13.5. The summed E-state index contributed by atoms with van der Waals surface area (Å²) in [4.78, 5) is 51.8. The molecule has 4 aromatic carbocycles. The van der Waals surface area contributed by atoms with Crippen LogP contribution in [0.3, 0.4) is 0 Å². The Bertz CT molecular complexity index is 1580. The minimum atomic E-state index is -1.04. The van der Waals surface area contributed by atoms with Crippen molar-refractivity contribution in [2.75, 3.05) is 24.4 Å². The molecule has 4 aromatic rings. The molecule has 43 heavy (non-hydrogen) atoms. The van der Waals surface area contributed by atoms with Gasteiger partial charge in [0.05, 0.1) is 30.5 Å². The van der Waals surface area contributed by atoms with Crippen LogP contribution in [0.1, 0.15) is 43.6 Å². The molecule has 4 N–H and O–H groups in total. The summed E-state index contributed by atoms with van der Waals surface area (Å²) in [6.07, 6.45) is 0.110. The van der Waals surface area contributed by atoms with Crippen molar-refractivity contribution < 1.29 is 33.8 Å². The van der Waals surface area contributed by atoms with Crippen molar-refractivity contribution in [1.82, 2.24) is 5.32 Å². The van der Waals surface area contributed by atoms with Crippen LogP contribution in [0, 0.1) is 0 Å². The lowest BCUT2D eigenvalue weighted by atomic mass is 10.0. The number of phenolic OH excluding ortho intramolecular Hbond substituents is 1. The Labute approximate surface area is 248 Å². The van der Waals surface area contributed by atoms with Crippen LogP contribution < -0.4 is 20.7 Å². The van der Waals surface area contributed by atoms with E-state index in [0.717, 1.165) is 0 Å². The molecule has 0 fully saturated rings. The van der Waals surface area contributed by atoms with Gasteiger partial charge in [-0.05, 0) is 85.3 Å². The molecular weight excluding hydrogens is 550 g/mol. The van der Waals surface area contributed by atoms with Gasteiger partial charge in [0.2, 0.25) is 5.91 Å². The van der Waals surface area contributed by atoms with Crippen LogP contribution in [0.4, 0.5) is 11.4 Å². The van der Waals surface area contributed by atoms with Gasteiger partial charge in [-0.2, -0.15) is 0 Å². The predicted molar refractivity (Wildman–Crippen MR) is 161 cm³/mol. The number of para-hydroxylation sites is 1. The zero-order valence-corrected chi connectivity index (χ0v) is 23.6. The fourth-order valence-electron chi connectivity index (χ4n) is 4.17. The summed E-state index contributed by atoms with van der Waals surface area (Å²) in [6.45, 7) is 1.95. The van der Waals surface area contributed by atoms with E-state index in [9.17, 15) is 24.3 Å². The van der Waals surface area contributed by atoms with Crippen LogP contribution in [0.5, 0.6) is 11.5 Å². The van der Waals surface area contributed by atoms with Gasteiger partial charge < -0.3 is 30.5 Å². The van der Waals surface area contributed by atoms with E-state index in [4.69, 9.17) is 9.47 Å². The molecule has 4 rings (SSSR count). The van der Waals surface area contributed by atoms with E-state index in [1.807, 2.05) is 0 Å². The summed E-state index contributed by atoms with van der Waals surface area (Å²) in [5.41, 5.74) is 2.23. The number of benzene rings is 4. The zero-order valence-electron chi connectivity index (χ0n) is 23.6. The van der Waals surface area contributed by atoms with E-state index in [-0.39, 0.29) is 30.0 Å². The number of esters is 1. The number of carbonyl (C=O) groups is 4. The quantitative estimate of drug-likeness (QED) is 0.186. The minimum absolute atomic E-state index is 0.0667. The predicted octanol–water partition coefficient (Wildman–Crippen LogP) is 4.81. The van der Waals surface area contributed by atoms with Gasteiger partial charge in [-0.3, -0.25) is 14.4 Å². The zero-order chi connectivity index (χ0) is 30.8. The average molecular weight is 582 g/mol. The molecule has 1 atom stereocenters. The van der Waals surface area contributed by atoms with Crippen molar-refractivity contribution in [3.05, 3.63) is 119 Å². The van der Waals surface area contributed by atoms with Gasteiger partial charge >= 0.3 is 5.97 Å². The number of hydrogen-bond donors (Lipinski definition) is 4. The van der Waals surface area contributed by atoms with Gasteiger partial charge in [-0.25, -0.2) is 4.79 Å². The number of methoxy groups -OCH3 is 1. The molecule has 0 aromatic heterocycles. The highest BCUT2D eigenvalue weighted by molar-refractivity contribution is 6.10. The molecule has 3 amide bonds. The maximum atomic E-state index is 13.5. The van der Waals surface area contributed by atoms with E-state index < -0.39 is 29.7 Å². The molecule has 0 spiro atoms. The lowest BCUT2D eigenvalue weighted by molar-refractivity contribution is -0.118. The van der Waals surface area contributed by atoms with Gasteiger partial charge in [0, 0.05) is 17.7 Å². The van der Waals surface area contributed by atoms with Crippen LogP contribution in [-0.2, 0) is 16.0 Å². The van der Waals surface area contributed by atoms with Crippen LogP contribution in [0.25, 0.3) is 0 Å². The average Bonchev–Trinajstić information content (AvgIpc) is 3.02. The first-order chi connectivity index (χ1) is 20.8. The second kappa shape index (κ2) is 14.3. The number of anilines is 2. The number of amides is 3. The topological polar surface area (TPSA) is 143 Å². The molecule has 0 unspecified atom stereocenters. The first kappa shape index (κ1) is 30.3. The van der Waals surface area contributed by atoms with Gasteiger partial charge in [-0.1, -0.05) is 24.3 Å². The maximum Gasteiger partial charge on any atom is 0.338 e. The van der Waals surface area contributed by atoms with Crippen molar-refractivity contribution in [3.8, 4) is 11.5 Å². The Balaban J connectivity index is 1.53. The number of hydrogen-bond acceptors (Lipinski definition) is 7. The highest BCUT2D eigenvalue weighted by Gasteiger charge is 2.24. The maximum absolute atomic E-state index is 13.5. The van der Waals surface area contributed by atoms with E-state index in [1.54, 1.807) is 79.7 Å². The summed E-state index contributed by atoms with van der Waals surface area (Å²) in [7, 11) is 1.53. The van der Waals surface area contributed by atoms with Gasteiger partial charge in [-0.15, -0.1) is 0 Å². The second-order valence-corrected chi connectivity index (χ2v) is 9.41. The van der Waals surface area contributed by atoms with Gasteiger partial charge in [0.15, 0.2) is 0 Å². The Hall–Kier alpha value is -5.64. The fraction of sp³-hybridized carbons (Fsp3) is 0.152. The Kier molecular flexibility index (Phi) is 10.1. The monoisotopic (exact) mass is 581 g/mol. The lowest BCUT2D eigenvalue weighted by Gasteiger charge is -2.20. The second-order valence-electron chi connectivity index (χ2n) is 9.41. The van der Waals surface area contributed by atoms with Crippen molar-refractivity contribution in [2.45, 2.75) is 19.4 Å². The Morgan fingerprint density at radius 3 is 2.07 bits per heavy atom. The lowest BCUT2D eigenvalue weighted by Crippen LogP contribution is -2.45. The minimum Gasteiger partial charge on any atom is -0.508 e. The number of phenols is 1. The van der Waals surface area contributed by atoms with Crippen molar-refractivity contribution in [1.29, 1.82) is 0 Å². The van der Waals surface area contributed by atoms with Crippen molar-refractivity contribution >= 4 is 35.1 Å². The standard InChI is InChI=1S/C33H31N3O7/c1-3-43-33(41)23-10-14-24(15-11-23)34-32(40)29(20-21-8-16-25(37)17-9-21)36-31(39)27-6-4-5-7-28(27)35-30(38)22-12-18-26(42-2)19-13-22/h4-19,29,37H,3,20H2,1-2H3,(H,34,40)(H,35,38)(H,36,39)/t29-/m0/s1. The normalized spacial score (nSPS) is 11.1. The third kappa shape index (κ3) is 8.20. The van der Waals surface area contributed by atoms with E-state index in [0.29, 0.717) is 28.1 Å². The molecule has 0 heterocycles. The molecule has 0 aliphatic rings. The molecule has 0 aliphatic heterocycles. The Morgan fingerprint density at radius 2 is 1.42 bits per heavy atom. The van der Waals surface area contributed by atoms with Crippen LogP contribution >= 0.6 is 0 Å². The molecule has 10 nitrogen and oxygen atoms in total. The Morgan fingerprint density at radius 1 is 0.767 bits per heavy atom. The smallest absolute Gasteiger partial charge is 0.338 e. The van der Waals surface area contributed by atoms with Crippen molar-refractivity contribution in [3.63, 3.8) is 0 Å². The SMILES string of the molecule is CCOC(=O)c1ccc(NC(=O)[C@H](Cc2ccc(O)cc2)NC(=O)c2ccccc2NC(=O)c2ccc(OC)cc2)cc1. The number of aromatic hydroxyl groups is 1. The highest BCUT2D eigenvalue weighted by Crippen LogP contribution is 2.19. The molecule has 0 bridgehead atoms.